The van der Waals surface area contributed by atoms with Crippen LogP contribution in [-0.2, 0) is 17.5 Å². The maximum absolute atomic E-state index is 12.8. The Bertz CT molecular complexity index is 508. The number of carboxylic acids is 1. The molecule has 0 radical (unpaired) electrons. The van der Waals surface area contributed by atoms with Crippen molar-refractivity contribution in [1.82, 2.24) is 19.9 Å². The number of hydrogen-bond acceptors (Lipinski definition) is 4. The summed E-state index contributed by atoms with van der Waals surface area (Å²) in [4.78, 5) is 23.8. The van der Waals surface area contributed by atoms with E-state index in [-0.39, 0.29) is 4.68 Å². The van der Waals surface area contributed by atoms with Crippen molar-refractivity contribution in [3.63, 3.8) is 0 Å². The van der Waals surface area contributed by atoms with Crippen LogP contribution in [0.15, 0.2) is 0 Å². The van der Waals surface area contributed by atoms with Gasteiger partial charge in [0.05, 0.1) is 0 Å². The highest BCUT2D eigenvalue weighted by Gasteiger charge is 2.42. The molecule has 1 rings (SSSR count). The summed E-state index contributed by atoms with van der Waals surface area (Å²) in [5.74, 6) is -2.44. The summed E-state index contributed by atoms with van der Waals surface area (Å²) in [6.45, 7) is 3.30. The number of carbonyl (C=O) groups excluding carboxylic acids is 1. The number of carbonyl (C=O) groups is 2. The zero-order valence-corrected chi connectivity index (χ0v) is 10.8. The molecule has 10 heteroatoms. The van der Waals surface area contributed by atoms with Gasteiger partial charge in [-0.1, -0.05) is 5.21 Å². The summed E-state index contributed by atoms with van der Waals surface area (Å²) in [5.41, 5.74) is -2.75. The van der Waals surface area contributed by atoms with E-state index in [1.165, 1.54) is 4.90 Å². The molecule has 0 saturated heterocycles. The predicted octanol–water partition coefficient (Wildman–Crippen LogP) is 0.864. The minimum atomic E-state index is -4.96. The zero-order valence-electron chi connectivity index (χ0n) is 10.8. The zero-order chi connectivity index (χ0) is 15.5. The molecule has 1 aromatic rings. The fourth-order valence-corrected chi connectivity index (χ4v) is 1.65. The normalized spacial score (nSPS) is 11.4. The fraction of sp³-hybridized carbons (Fsp3) is 0.600. The van der Waals surface area contributed by atoms with E-state index in [2.05, 4.69) is 10.3 Å². The highest BCUT2D eigenvalue weighted by molar-refractivity contribution is 5.87. The average Bonchev–Trinajstić information content (AvgIpc) is 2.74. The van der Waals surface area contributed by atoms with Crippen molar-refractivity contribution in [2.45, 2.75) is 26.6 Å². The lowest BCUT2D eigenvalue weighted by Gasteiger charge is -2.19. The van der Waals surface area contributed by atoms with Crippen molar-refractivity contribution >= 4 is 11.9 Å². The Labute approximate surface area is 112 Å². The van der Waals surface area contributed by atoms with Crippen molar-refractivity contribution in [2.24, 2.45) is 0 Å². The minimum Gasteiger partial charge on any atom is -0.476 e. The molecule has 0 aromatic carbocycles. The highest BCUT2D eigenvalue weighted by Crippen LogP contribution is 2.31. The molecular weight excluding hydrogens is 281 g/mol. The quantitative estimate of drug-likeness (QED) is 0.870. The Kier molecular flexibility index (Phi) is 4.69. The lowest BCUT2D eigenvalue weighted by atomic mass is 10.3. The number of alkyl halides is 3. The second-order valence-electron chi connectivity index (χ2n) is 3.81. The summed E-state index contributed by atoms with van der Waals surface area (Å²) >= 11 is 0. The molecule has 0 saturated carbocycles. The number of amides is 1. The molecule has 112 valence electrons. The van der Waals surface area contributed by atoms with E-state index in [4.69, 9.17) is 5.11 Å². The molecule has 1 aromatic heterocycles. The van der Waals surface area contributed by atoms with Crippen LogP contribution in [0, 0.1) is 0 Å². The lowest BCUT2D eigenvalue weighted by molar-refractivity contribution is -0.146. The Hall–Kier alpha value is -2.13. The van der Waals surface area contributed by atoms with Gasteiger partial charge in [0, 0.05) is 13.1 Å². The minimum absolute atomic E-state index is 0.268. The molecule has 0 spiro atoms. The second kappa shape index (κ2) is 5.88. The van der Waals surface area contributed by atoms with Crippen LogP contribution in [0.5, 0.6) is 0 Å². The van der Waals surface area contributed by atoms with Gasteiger partial charge in [-0.2, -0.15) is 13.2 Å². The van der Waals surface area contributed by atoms with Gasteiger partial charge in [-0.15, -0.1) is 5.10 Å². The number of aromatic carboxylic acids is 1. The first-order valence-electron chi connectivity index (χ1n) is 5.74. The number of aromatic nitrogens is 3. The van der Waals surface area contributed by atoms with Gasteiger partial charge < -0.3 is 10.0 Å². The van der Waals surface area contributed by atoms with Crippen LogP contribution in [0.25, 0.3) is 0 Å². The van der Waals surface area contributed by atoms with E-state index >= 15 is 0 Å². The summed E-state index contributed by atoms with van der Waals surface area (Å²) in [6.07, 6.45) is -4.96. The summed E-state index contributed by atoms with van der Waals surface area (Å²) in [7, 11) is 0. The van der Waals surface area contributed by atoms with Crippen LogP contribution in [0.4, 0.5) is 13.2 Å². The van der Waals surface area contributed by atoms with E-state index in [9.17, 15) is 22.8 Å². The van der Waals surface area contributed by atoms with E-state index in [1.807, 2.05) is 0 Å². The summed E-state index contributed by atoms with van der Waals surface area (Å²) in [6, 6.07) is 0. The molecular formula is C10H13F3N4O3. The lowest BCUT2D eigenvalue weighted by Crippen LogP contribution is -2.34. The largest absolute Gasteiger partial charge is 0.476 e. The van der Waals surface area contributed by atoms with Crippen LogP contribution < -0.4 is 0 Å². The molecule has 20 heavy (non-hydrogen) atoms. The number of hydrogen-bond donors (Lipinski definition) is 1. The molecule has 0 aliphatic carbocycles. The van der Waals surface area contributed by atoms with Gasteiger partial charge in [0.25, 0.3) is 0 Å². The first-order valence-corrected chi connectivity index (χ1v) is 5.74. The molecule has 7 nitrogen and oxygen atoms in total. The maximum Gasteiger partial charge on any atom is 0.435 e. The SMILES string of the molecule is CCN(CC)C(=O)Cn1nnc(C(=O)O)c1C(F)(F)F. The van der Waals surface area contributed by atoms with Crippen molar-refractivity contribution in [3.05, 3.63) is 11.4 Å². The number of halogens is 3. The Balaban J connectivity index is 3.14. The Morgan fingerprint density at radius 3 is 2.25 bits per heavy atom. The van der Waals surface area contributed by atoms with Gasteiger partial charge in [0.1, 0.15) is 6.54 Å². The van der Waals surface area contributed by atoms with E-state index in [0.29, 0.717) is 13.1 Å². The molecule has 0 fully saturated rings. The third-order valence-electron chi connectivity index (χ3n) is 2.61. The first-order chi connectivity index (χ1) is 9.22. The molecule has 0 aliphatic heterocycles. The van der Waals surface area contributed by atoms with Gasteiger partial charge in [0.15, 0.2) is 5.69 Å². The third kappa shape index (κ3) is 3.25. The number of carboxylic acid groups (broad SMARTS) is 1. The average molecular weight is 294 g/mol. The molecule has 0 bridgehead atoms. The van der Waals surface area contributed by atoms with Crippen molar-refractivity contribution < 1.29 is 27.9 Å². The Morgan fingerprint density at radius 1 is 1.30 bits per heavy atom. The van der Waals surface area contributed by atoms with Crippen molar-refractivity contribution in [3.8, 4) is 0 Å². The van der Waals surface area contributed by atoms with Crippen molar-refractivity contribution in [2.75, 3.05) is 13.1 Å². The third-order valence-corrected chi connectivity index (χ3v) is 2.61. The number of rotatable bonds is 5. The van der Waals surface area contributed by atoms with Gasteiger partial charge in [-0.05, 0) is 13.8 Å². The standard InChI is InChI=1S/C10H13F3N4O3/c1-3-16(4-2)6(18)5-17-8(10(11,12)13)7(9(19)20)14-15-17/h3-5H2,1-2H3,(H,19,20). The number of likely N-dealkylation sites (N-methyl/N-ethyl adjacent to an activating group) is 1. The maximum atomic E-state index is 12.8. The smallest absolute Gasteiger partial charge is 0.435 e. The van der Waals surface area contributed by atoms with E-state index < -0.39 is 36.0 Å². The monoisotopic (exact) mass is 294 g/mol. The Morgan fingerprint density at radius 2 is 1.85 bits per heavy atom. The summed E-state index contributed by atoms with van der Waals surface area (Å²) in [5, 5.41) is 14.7. The topological polar surface area (TPSA) is 88.3 Å². The van der Waals surface area contributed by atoms with Gasteiger partial charge in [0.2, 0.25) is 11.6 Å². The molecule has 0 aliphatic rings. The molecule has 0 unspecified atom stereocenters. The summed E-state index contributed by atoms with van der Waals surface area (Å²) < 4.78 is 38.8. The van der Waals surface area contributed by atoms with Crippen LogP contribution in [0.3, 0.4) is 0 Å². The molecule has 0 atom stereocenters. The molecule has 1 amide bonds. The number of nitrogens with zero attached hydrogens (tertiary/aromatic N) is 4. The highest BCUT2D eigenvalue weighted by atomic mass is 19.4. The van der Waals surface area contributed by atoms with Crippen LogP contribution >= 0.6 is 0 Å². The van der Waals surface area contributed by atoms with Gasteiger partial charge >= 0.3 is 12.1 Å². The predicted molar refractivity (Wildman–Crippen MR) is 59.9 cm³/mol. The first kappa shape index (κ1) is 15.9. The molecule has 1 heterocycles. The molecule has 1 N–H and O–H groups in total. The van der Waals surface area contributed by atoms with E-state index in [0.717, 1.165) is 0 Å². The fourth-order valence-electron chi connectivity index (χ4n) is 1.65. The van der Waals surface area contributed by atoms with Gasteiger partial charge in [-0.25, -0.2) is 9.48 Å². The van der Waals surface area contributed by atoms with E-state index in [1.54, 1.807) is 13.8 Å². The van der Waals surface area contributed by atoms with Crippen LogP contribution in [0.2, 0.25) is 0 Å². The van der Waals surface area contributed by atoms with Gasteiger partial charge in [-0.3, -0.25) is 4.79 Å². The van der Waals surface area contributed by atoms with Crippen LogP contribution in [-0.4, -0.2) is 50.0 Å². The van der Waals surface area contributed by atoms with Crippen molar-refractivity contribution in [1.29, 1.82) is 0 Å². The van der Waals surface area contributed by atoms with Crippen LogP contribution in [0.1, 0.15) is 30.0 Å². The second-order valence-corrected chi connectivity index (χ2v) is 3.81.